The first-order valence-corrected chi connectivity index (χ1v) is 7.38. The third-order valence-electron chi connectivity index (χ3n) is 3.43. The van der Waals surface area contributed by atoms with Gasteiger partial charge in [0.1, 0.15) is 0 Å². The second-order valence-corrected chi connectivity index (χ2v) is 5.09. The minimum atomic E-state index is -0.719. The summed E-state index contributed by atoms with van der Waals surface area (Å²) in [6, 6.07) is 15.6. The van der Waals surface area contributed by atoms with Crippen molar-refractivity contribution >= 4 is 5.91 Å². The van der Waals surface area contributed by atoms with Crippen LogP contribution in [0.1, 0.15) is 31.9 Å². The summed E-state index contributed by atoms with van der Waals surface area (Å²) in [5, 5.41) is 2.90. The molecule has 0 heterocycles. The van der Waals surface area contributed by atoms with Crippen molar-refractivity contribution in [1.82, 2.24) is 5.32 Å². The molecule has 4 heteroatoms. The number of hydrogen-bond donors (Lipinski definition) is 1. The lowest BCUT2D eigenvalue weighted by Crippen LogP contribution is -2.39. The van der Waals surface area contributed by atoms with Crippen LogP contribution in [0.4, 0.5) is 4.39 Å². The van der Waals surface area contributed by atoms with Gasteiger partial charge in [-0.15, -0.1) is 0 Å². The smallest absolute Gasteiger partial charge is 0.261 e. The van der Waals surface area contributed by atoms with Gasteiger partial charge in [0.2, 0.25) is 0 Å². The Bertz CT molecular complexity index is 615. The summed E-state index contributed by atoms with van der Waals surface area (Å²) < 4.78 is 19.1. The zero-order valence-electron chi connectivity index (χ0n) is 12.8. The van der Waals surface area contributed by atoms with E-state index >= 15 is 0 Å². The van der Waals surface area contributed by atoms with Gasteiger partial charge in [-0.05, 0) is 31.0 Å². The van der Waals surface area contributed by atoms with Crippen LogP contribution in [-0.2, 0) is 4.79 Å². The summed E-state index contributed by atoms with van der Waals surface area (Å²) in [6.45, 7) is 3.74. The molecule has 2 aromatic rings. The van der Waals surface area contributed by atoms with Gasteiger partial charge in [-0.2, -0.15) is 0 Å². The SMILES string of the molecule is CC[C@H](Oc1ccccc1F)C(=O)N[C@@H](C)c1ccccc1. The minimum Gasteiger partial charge on any atom is -0.478 e. The molecule has 2 aromatic carbocycles. The van der Waals surface area contributed by atoms with Crippen molar-refractivity contribution in [3.63, 3.8) is 0 Å². The molecular formula is C18H20FNO2. The summed E-state index contributed by atoms with van der Waals surface area (Å²) in [5.74, 6) is -0.621. The molecule has 3 nitrogen and oxygen atoms in total. The zero-order chi connectivity index (χ0) is 15.9. The molecule has 0 aliphatic rings. The number of hydrogen-bond acceptors (Lipinski definition) is 2. The maximum atomic E-state index is 13.6. The van der Waals surface area contributed by atoms with E-state index in [-0.39, 0.29) is 17.7 Å². The average molecular weight is 301 g/mol. The number of nitrogens with one attached hydrogen (secondary N) is 1. The van der Waals surface area contributed by atoms with Crippen molar-refractivity contribution in [2.45, 2.75) is 32.4 Å². The highest BCUT2D eigenvalue weighted by molar-refractivity contribution is 5.81. The quantitative estimate of drug-likeness (QED) is 0.880. The van der Waals surface area contributed by atoms with E-state index in [2.05, 4.69) is 5.32 Å². The van der Waals surface area contributed by atoms with Crippen LogP contribution in [0.5, 0.6) is 5.75 Å². The summed E-state index contributed by atoms with van der Waals surface area (Å²) in [6.07, 6.45) is -0.259. The fourth-order valence-corrected chi connectivity index (χ4v) is 2.15. The Hall–Kier alpha value is -2.36. The molecule has 0 aromatic heterocycles. The van der Waals surface area contributed by atoms with Crippen LogP contribution >= 0.6 is 0 Å². The Morgan fingerprint density at radius 3 is 2.41 bits per heavy atom. The second kappa shape index (κ2) is 7.59. The van der Waals surface area contributed by atoms with Crippen LogP contribution in [-0.4, -0.2) is 12.0 Å². The third-order valence-corrected chi connectivity index (χ3v) is 3.43. The third kappa shape index (κ3) is 4.07. The Labute approximate surface area is 130 Å². The molecule has 0 saturated carbocycles. The van der Waals surface area contributed by atoms with Gasteiger partial charge in [0, 0.05) is 0 Å². The van der Waals surface area contributed by atoms with Gasteiger partial charge in [-0.3, -0.25) is 4.79 Å². The zero-order valence-corrected chi connectivity index (χ0v) is 12.8. The Kier molecular flexibility index (Phi) is 5.53. The number of ether oxygens (including phenoxy) is 1. The van der Waals surface area contributed by atoms with E-state index in [0.717, 1.165) is 5.56 Å². The molecule has 0 aliphatic heterocycles. The maximum Gasteiger partial charge on any atom is 0.261 e. The van der Waals surface area contributed by atoms with Gasteiger partial charge in [-0.1, -0.05) is 49.4 Å². The van der Waals surface area contributed by atoms with E-state index < -0.39 is 11.9 Å². The van der Waals surface area contributed by atoms with Crippen molar-refractivity contribution in [1.29, 1.82) is 0 Å². The standard InChI is InChI=1S/C18H20FNO2/c1-3-16(22-17-12-8-7-11-15(17)19)18(21)20-13(2)14-9-5-4-6-10-14/h4-13,16H,3H2,1-2H3,(H,20,21)/t13-,16-/m0/s1. The highest BCUT2D eigenvalue weighted by atomic mass is 19.1. The number of amides is 1. The monoisotopic (exact) mass is 301 g/mol. The molecular weight excluding hydrogens is 281 g/mol. The number of para-hydroxylation sites is 1. The molecule has 1 N–H and O–H groups in total. The molecule has 0 radical (unpaired) electrons. The van der Waals surface area contributed by atoms with Crippen molar-refractivity contribution < 1.29 is 13.9 Å². The van der Waals surface area contributed by atoms with Gasteiger partial charge < -0.3 is 10.1 Å². The number of halogens is 1. The van der Waals surface area contributed by atoms with E-state index in [1.807, 2.05) is 44.2 Å². The normalized spacial score (nSPS) is 13.2. The molecule has 0 fully saturated rings. The van der Waals surface area contributed by atoms with E-state index in [0.29, 0.717) is 6.42 Å². The van der Waals surface area contributed by atoms with Crippen LogP contribution in [0.15, 0.2) is 54.6 Å². The molecule has 0 spiro atoms. The molecule has 1 amide bonds. The Morgan fingerprint density at radius 2 is 1.77 bits per heavy atom. The molecule has 0 aliphatic carbocycles. The number of benzene rings is 2. The van der Waals surface area contributed by atoms with Crippen LogP contribution in [0, 0.1) is 5.82 Å². The largest absolute Gasteiger partial charge is 0.478 e. The highest BCUT2D eigenvalue weighted by Crippen LogP contribution is 2.19. The predicted octanol–water partition coefficient (Wildman–Crippen LogP) is 3.86. The van der Waals surface area contributed by atoms with Crippen molar-refractivity contribution in [3.05, 3.63) is 66.0 Å². The molecule has 116 valence electrons. The fraction of sp³-hybridized carbons (Fsp3) is 0.278. The van der Waals surface area contributed by atoms with Crippen LogP contribution in [0.2, 0.25) is 0 Å². The van der Waals surface area contributed by atoms with Gasteiger partial charge in [-0.25, -0.2) is 4.39 Å². The number of carbonyl (C=O) groups excluding carboxylic acids is 1. The van der Waals surface area contributed by atoms with Crippen LogP contribution in [0.3, 0.4) is 0 Å². The number of rotatable bonds is 6. The lowest BCUT2D eigenvalue weighted by molar-refractivity contribution is -0.128. The maximum absolute atomic E-state index is 13.6. The first kappa shape index (κ1) is 16.0. The molecule has 2 rings (SSSR count). The van der Waals surface area contributed by atoms with Gasteiger partial charge in [0.25, 0.3) is 5.91 Å². The molecule has 0 saturated heterocycles. The van der Waals surface area contributed by atoms with E-state index in [1.165, 1.54) is 12.1 Å². The summed E-state index contributed by atoms with van der Waals surface area (Å²) in [7, 11) is 0. The van der Waals surface area contributed by atoms with E-state index in [1.54, 1.807) is 12.1 Å². The highest BCUT2D eigenvalue weighted by Gasteiger charge is 2.21. The molecule has 2 atom stereocenters. The van der Waals surface area contributed by atoms with E-state index in [4.69, 9.17) is 4.74 Å². The Morgan fingerprint density at radius 1 is 1.14 bits per heavy atom. The summed E-state index contributed by atoms with van der Waals surface area (Å²) in [4.78, 5) is 12.3. The van der Waals surface area contributed by atoms with Gasteiger partial charge in [0.15, 0.2) is 17.7 Å². The van der Waals surface area contributed by atoms with Crippen molar-refractivity contribution in [2.24, 2.45) is 0 Å². The number of carbonyl (C=O) groups is 1. The topological polar surface area (TPSA) is 38.3 Å². The predicted molar refractivity (Wildman–Crippen MR) is 84.1 cm³/mol. The van der Waals surface area contributed by atoms with Crippen LogP contribution in [0.25, 0.3) is 0 Å². The molecule has 0 unspecified atom stereocenters. The van der Waals surface area contributed by atoms with Gasteiger partial charge >= 0.3 is 0 Å². The van der Waals surface area contributed by atoms with E-state index in [9.17, 15) is 9.18 Å². The van der Waals surface area contributed by atoms with Crippen molar-refractivity contribution in [3.8, 4) is 5.75 Å². The molecule has 0 bridgehead atoms. The Balaban J connectivity index is 2.02. The van der Waals surface area contributed by atoms with Crippen LogP contribution < -0.4 is 10.1 Å². The second-order valence-electron chi connectivity index (χ2n) is 5.09. The lowest BCUT2D eigenvalue weighted by atomic mass is 10.1. The first-order chi connectivity index (χ1) is 10.6. The first-order valence-electron chi connectivity index (χ1n) is 7.38. The van der Waals surface area contributed by atoms with Gasteiger partial charge in [0.05, 0.1) is 6.04 Å². The lowest BCUT2D eigenvalue weighted by Gasteiger charge is -2.21. The van der Waals surface area contributed by atoms with Crippen molar-refractivity contribution in [2.75, 3.05) is 0 Å². The summed E-state index contributed by atoms with van der Waals surface area (Å²) in [5.41, 5.74) is 1.01. The average Bonchev–Trinajstić information content (AvgIpc) is 2.54. The molecule has 22 heavy (non-hydrogen) atoms. The summed E-state index contributed by atoms with van der Waals surface area (Å²) >= 11 is 0. The minimum absolute atomic E-state index is 0.0943. The fourth-order valence-electron chi connectivity index (χ4n) is 2.15.